The second-order valence-electron chi connectivity index (χ2n) is 15.4. The molecule has 0 N–H and O–H groups in total. The highest BCUT2D eigenvalue weighted by molar-refractivity contribution is 5.69. The Bertz CT molecular complexity index is 863. The molecule has 2 heterocycles. The van der Waals surface area contributed by atoms with Gasteiger partial charge in [-0.15, -0.1) is 0 Å². The monoisotopic (exact) mass is 528 g/mol. The summed E-state index contributed by atoms with van der Waals surface area (Å²) in [7, 11) is 0. The number of hydrogen-bond acceptors (Lipinski definition) is 4. The Labute approximate surface area is 232 Å². The number of hydrogen-bond donors (Lipinski definition) is 0. The summed E-state index contributed by atoms with van der Waals surface area (Å²) in [6.07, 6.45) is 18.2. The van der Waals surface area contributed by atoms with Crippen molar-refractivity contribution in [2.45, 2.75) is 149 Å². The van der Waals surface area contributed by atoms with Crippen molar-refractivity contribution in [2.24, 2.45) is 52.3 Å². The average molecular weight is 529 g/mol. The van der Waals surface area contributed by atoms with Crippen molar-refractivity contribution in [3.8, 4) is 0 Å². The molecule has 0 unspecified atom stereocenters. The summed E-state index contributed by atoms with van der Waals surface area (Å²) in [5.74, 6) is 4.77. The lowest BCUT2D eigenvalue weighted by molar-refractivity contribution is -0.273. The molecule has 4 heteroatoms. The lowest BCUT2D eigenvalue weighted by Gasteiger charge is -2.61. The maximum absolute atomic E-state index is 12.5. The highest BCUT2D eigenvalue weighted by atomic mass is 16.7. The van der Waals surface area contributed by atoms with Gasteiger partial charge < -0.3 is 14.2 Å². The predicted molar refractivity (Wildman–Crippen MR) is 150 cm³/mol. The number of carbonyl (C=O) groups is 1. The molecular formula is C34H56O4. The third-order valence-electron chi connectivity index (χ3n) is 13.4. The van der Waals surface area contributed by atoms with Gasteiger partial charge in [-0.2, -0.15) is 0 Å². The first-order valence-electron chi connectivity index (χ1n) is 16.7. The van der Waals surface area contributed by atoms with E-state index in [9.17, 15) is 4.79 Å². The number of esters is 1. The van der Waals surface area contributed by atoms with Crippen LogP contribution in [0.3, 0.4) is 0 Å². The molecule has 0 aromatic rings. The zero-order valence-electron chi connectivity index (χ0n) is 25.1. The smallest absolute Gasteiger partial charge is 0.306 e. The molecule has 4 aliphatic carbocycles. The van der Waals surface area contributed by atoms with Crippen LogP contribution in [0.15, 0.2) is 0 Å². The second kappa shape index (κ2) is 10.3. The van der Waals surface area contributed by atoms with Gasteiger partial charge in [-0.3, -0.25) is 4.79 Å². The van der Waals surface area contributed by atoms with Crippen LogP contribution in [-0.4, -0.2) is 30.6 Å². The van der Waals surface area contributed by atoms with Crippen molar-refractivity contribution in [3.05, 3.63) is 0 Å². The van der Waals surface area contributed by atoms with Crippen LogP contribution in [0.5, 0.6) is 0 Å². The summed E-state index contributed by atoms with van der Waals surface area (Å²) in [4.78, 5) is 12.5. The Morgan fingerprint density at radius 3 is 2.47 bits per heavy atom. The topological polar surface area (TPSA) is 44.8 Å². The van der Waals surface area contributed by atoms with E-state index in [1.807, 2.05) is 0 Å². The van der Waals surface area contributed by atoms with E-state index in [0.29, 0.717) is 41.1 Å². The van der Waals surface area contributed by atoms with Crippen molar-refractivity contribution in [2.75, 3.05) is 6.61 Å². The van der Waals surface area contributed by atoms with Crippen LogP contribution in [0, 0.1) is 52.3 Å². The molecule has 38 heavy (non-hydrogen) atoms. The Balaban J connectivity index is 1.10. The van der Waals surface area contributed by atoms with E-state index in [1.165, 1.54) is 57.8 Å². The summed E-state index contributed by atoms with van der Waals surface area (Å²) < 4.78 is 19.5. The standard InChI is InChI=1S/C34H56O4/c1-6-7-8-9-10-30(35)37-25-14-16-32(4)24(19-25)11-12-26-27(32)15-17-33(5)28(26)20-29-31(33)23(3)34(38-29)18-13-22(2)21-36-34/h22-29,31H,6-21H2,1-5H3/t22-,23+,24+,25-,26-,27+,28-,29+,31+,32+,33+,34-/m1/s1. The van der Waals surface area contributed by atoms with Gasteiger partial charge in [0.25, 0.3) is 0 Å². The van der Waals surface area contributed by atoms with Gasteiger partial charge in [-0.05, 0) is 111 Å². The van der Waals surface area contributed by atoms with Gasteiger partial charge >= 0.3 is 5.97 Å². The van der Waals surface area contributed by atoms with Gasteiger partial charge in [0.2, 0.25) is 0 Å². The van der Waals surface area contributed by atoms with Crippen LogP contribution in [0.2, 0.25) is 0 Å². The largest absolute Gasteiger partial charge is 0.462 e. The number of fused-ring (bicyclic) bond motifs is 7. The molecule has 0 aromatic heterocycles. The van der Waals surface area contributed by atoms with Gasteiger partial charge in [-0.1, -0.05) is 53.9 Å². The van der Waals surface area contributed by atoms with Gasteiger partial charge in [0.15, 0.2) is 5.79 Å². The SMILES string of the molecule is CCCCCCC(=O)O[C@@H]1CC[C@@]2(C)[C@@H](CC[C@H]3[C@H]4C[C@@H]5O[C@]6(CC[C@@H](C)CO6)[C@@H](C)[C@@H]5[C@@]4(C)CC[C@@H]32)C1. The van der Waals surface area contributed by atoms with Crippen molar-refractivity contribution >= 4 is 5.97 Å². The summed E-state index contributed by atoms with van der Waals surface area (Å²) in [5, 5.41) is 0. The molecule has 0 radical (unpaired) electrons. The van der Waals surface area contributed by atoms with E-state index in [1.54, 1.807) is 0 Å². The molecule has 216 valence electrons. The van der Waals surface area contributed by atoms with Crippen LogP contribution < -0.4 is 0 Å². The molecule has 0 bridgehead atoms. The Kier molecular flexibility index (Phi) is 7.50. The van der Waals surface area contributed by atoms with Gasteiger partial charge in [0, 0.05) is 18.8 Å². The lowest BCUT2D eigenvalue weighted by Crippen LogP contribution is -2.55. The first-order chi connectivity index (χ1) is 18.2. The van der Waals surface area contributed by atoms with E-state index in [4.69, 9.17) is 14.2 Å². The van der Waals surface area contributed by atoms with Gasteiger partial charge in [-0.25, -0.2) is 0 Å². The van der Waals surface area contributed by atoms with Crippen LogP contribution in [0.25, 0.3) is 0 Å². The third-order valence-corrected chi connectivity index (χ3v) is 13.4. The number of unbranched alkanes of at least 4 members (excludes halogenated alkanes) is 3. The van der Waals surface area contributed by atoms with Crippen molar-refractivity contribution in [1.82, 2.24) is 0 Å². The lowest BCUT2D eigenvalue weighted by atomic mass is 9.44. The van der Waals surface area contributed by atoms with Crippen LogP contribution in [-0.2, 0) is 19.0 Å². The fraction of sp³-hybridized carbons (Fsp3) is 0.971. The van der Waals surface area contributed by atoms with Crippen LogP contribution in [0.4, 0.5) is 0 Å². The molecule has 6 aliphatic rings. The average Bonchev–Trinajstić information content (AvgIpc) is 3.34. The Morgan fingerprint density at radius 1 is 0.895 bits per heavy atom. The van der Waals surface area contributed by atoms with Crippen LogP contribution >= 0.6 is 0 Å². The predicted octanol–water partition coefficient (Wildman–Crippen LogP) is 8.32. The Morgan fingerprint density at radius 2 is 1.71 bits per heavy atom. The molecule has 2 aliphatic heterocycles. The Hall–Kier alpha value is -0.610. The normalized spacial score (nSPS) is 51.7. The van der Waals surface area contributed by atoms with Crippen molar-refractivity contribution in [3.63, 3.8) is 0 Å². The number of carbonyl (C=O) groups excluding carboxylic acids is 1. The fourth-order valence-corrected chi connectivity index (χ4v) is 11.3. The molecule has 1 spiro atoms. The first-order valence-corrected chi connectivity index (χ1v) is 16.7. The zero-order chi connectivity index (χ0) is 26.7. The maximum atomic E-state index is 12.5. The molecule has 4 saturated carbocycles. The number of rotatable bonds is 6. The minimum atomic E-state index is -0.303. The van der Waals surface area contributed by atoms with E-state index in [2.05, 4.69) is 34.6 Å². The summed E-state index contributed by atoms with van der Waals surface area (Å²) >= 11 is 0. The second-order valence-corrected chi connectivity index (χ2v) is 15.4. The number of ether oxygens (including phenoxy) is 3. The highest BCUT2D eigenvalue weighted by Crippen LogP contribution is 2.71. The molecule has 6 rings (SSSR count). The van der Waals surface area contributed by atoms with Gasteiger partial charge in [0.1, 0.15) is 6.10 Å². The molecule has 2 saturated heterocycles. The fourth-order valence-electron chi connectivity index (χ4n) is 11.3. The summed E-state index contributed by atoms with van der Waals surface area (Å²) in [6.45, 7) is 13.1. The molecule has 12 atom stereocenters. The molecule has 0 amide bonds. The van der Waals surface area contributed by atoms with E-state index in [-0.39, 0.29) is 17.9 Å². The minimum Gasteiger partial charge on any atom is -0.462 e. The van der Waals surface area contributed by atoms with E-state index < -0.39 is 0 Å². The van der Waals surface area contributed by atoms with E-state index in [0.717, 1.165) is 62.4 Å². The van der Waals surface area contributed by atoms with E-state index >= 15 is 0 Å². The molecule has 4 nitrogen and oxygen atoms in total. The van der Waals surface area contributed by atoms with Gasteiger partial charge in [0.05, 0.1) is 12.7 Å². The molecule has 6 fully saturated rings. The van der Waals surface area contributed by atoms with Crippen molar-refractivity contribution in [1.29, 1.82) is 0 Å². The molecule has 0 aromatic carbocycles. The highest BCUT2D eigenvalue weighted by Gasteiger charge is 2.69. The molecular weight excluding hydrogens is 472 g/mol. The first kappa shape index (κ1) is 27.6. The van der Waals surface area contributed by atoms with Crippen LogP contribution in [0.1, 0.15) is 131 Å². The van der Waals surface area contributed by atoms with Crippen molar-refractivity contribution < 1.29 is 19.0 Å². The third kappa shape index (κ3) is 4.41. The maximum Gasteiger partial charge on any atom is 0.306 e. The quantitative estimate of drug-likeness (QED) is 0.257. The summed E-state index contributed by atoms with van der Waals surface area (Å²) in [6, 6.07) is 0. The summed E-state index contributed by atoms with van der Waals surface area (Å²) in [5.41, 5.74) is 0.817. The zero-order valence-corrected chi connectivity index (χ0v) is 25.1. The minimum absolute atomic E-state index is 0.0533.